The lowest BCUT2D eigenvalue weighted by Gasteiger charge is -2.18. The first-order valence-electron chi connectivity index (χ1n) is 6.20. The molecule has 0 saturated carbocycles. The molecule has 0 saturated heterocycles. The van der Waals surface area contributed by atoms with Gasteiger partial charge < -0.3 is 5.32 Å². The summed E-state index contributed by atoms with van der Waals surface area (Å²) in [5, 5.41) is 6.86. The Kier molecular flexibility index (Phi) is 3.74. The molecule has 1 heterocycles. The average molecular weight is 283 g/mol. The van der Waals surface area contributed by atoms with E-state index in [4.69, 9.17) is 0 Å². The van der Waals surface area contributed by atoms with Crippen LogP contribution < -0.4 is 5.32 Å². The van der Waals surface area contributed by atoms with Crippen molar-refractivity contribution < 1.29 is 13.2 Å². The Bertz CT molecular complexity index is 615. The summed E-state index contributed by atoms with van der Waals surface area (Å²) in [6.45, 7) is 6.23. The van der Waals surface area contributed by atoms with Crippen LogP contribution in [0.3, 0.4) is 0 Å². The normalized spacial score (nSPS) is 11.7. The van der Waals surface area contributed by atoms with Gasteiger partial charge in [0.15, 0.2) is 11.6 Å². The monoisotopic (exact) mass is 283 g/mol. The summed E-state index contributed by atoms with van der Waals surface area (Å²) < 4.78 is 41.3. The number of hydrogen-bond acceptors (Lipinski definition) is 2. The maximum atomic E-state index is 13.5. The number of anilines is 1. The van der Waals surface area contributed by atoms with Gasteiger partial charge in [-0.15, -0.1) is 0 Å². The summed E-state index contributed by atoms with van der Waals surface area (Å²) >= 11 is 0. The van der Waals surface area contributed by atoms with Crippen LogP contribution in [0.5, 0.6) is 0 Å². The number of nitrogens with one attached hydrogen (secondary N) is 1. The minimum Gasteiger partial charge on any atom is -0.378 e. The molecule has 20 heavy (non-hydrogen) atoms. The molecular formula is C14H16F3N3. The van der Waals surface area contributed by atoms with Crippen molar-refractivity contribution in [1.82, 2.24) is 9.78 Å². The predicted octanol–water partition coefficient (Wildman–Crippen LogP) is 3.67. The minimum atomic E-state index is -1.21. The molecular weight excluding hydrogens is 267 g/mol. The van der Waals surface area contributed by atoms with E-state index in [0.29, 0.717) is 6.07 Å². The summed E-state index contributed by atoms with van der Waals surface area (Å²) in [5.74, 6) is -3.12. The summed E-state index contributed by atoms with van der Waals surface area (Å²) in [6, 6.07) is 1.44. The molecule has 2 aromatic rings. The summed E-state index contributed by atoms with van der Waals surface area (Å²) in [6.07, 6.45) is 3.44. The van der Waals surface area contributed by atoms with Gasteiger partial charge in [0.05, 0.1) is 17.4 Å². The fraction of sp³-hybridized carbons (Fsp3) is 0.357. The molecule has 0 bridgehead atoms. The highest BCUT2D eigenvalue weighted by molar-refractivity contribution is 5.45. The van der Waals surface area contributed by atoms with Crippen molar-refractivity contribution in [2.24, 2.45) is 0 Å². The quantitative estimate of drug-likeness (QED) is 0.871. The molecule has 0 aliphatic heterocycles. The number of rotatable bonds is 3. The third kappa shape index (κ3) is 3.12. The molecule has 1 aromatic carbocycles. The van der Waals surface area contributed by atoms with Crippen molar-refractivity contribution >= 4 is 5.69 Å². The molecule has 3 nitrogen and oxygen atoms in total. The molecule has 2 rings (SSSR count). The van der Waals surface area contributed by atoms with Crippen LogP contribution in [0.4, 0.5) is 18.9 Å². The number of benzene rings is 1. The van der Waals surface area contributed by atoms with Crippen LogP contribution in [0.1, 0.15) is 26.3 Å². The minimum absolute atomic E-state index is 0.158. The van der Waals surface area contributed by atoms with E-state index in [0.717, 1.165) is 11.6 Å². The fourth-order valence-electron chi connectivity index (χ4n) is 1.70. The fourth-order valence-corrected chi connectivity index (χ4v) is 1.70. The van der Waals surface area contributed by atoms with Gasteiger partial charge in [-0.3, -0.25) is 4.68 Å². The first kappa shape index (κ1) is 14.4. The highest BCUT2D eigenvalue weighted by atomic mass is 19.2. The Morgan fingerprint density at radius 1 is 1.20 bits per heavy atom. The zero-order chi connectivity index (χ0) is 14.9. The van der Waals surface area contributed by atoms with Crippen LogP contribution in [-0.4, -0.2) is 9.78 Å². The van der Waals surface area contributed by atoms with Gasteiger partial charge >= 0.3 is 0 Å². The second kappa shape index (κ2) is 5.19. The van der Waals surface area contributed by atoms with E-state index in [2.05, 4.69) is 10.4 Å². The number of aromatic nitrogens is 2. The first-order chi connectivity index (χ1) is 9.27. The van der Waals surface area contributed by atoms with E-state index in [1.807, 2.05) is 20.8 Å². The van der Waals surface area contributed by atoms with Crippen molar-refractivity contribution in [1.29, 1.82) is 0 Å². The Hall–Kier alpha value is -1.98. The second-order valence-electron chi connectivity index (χ2n) is 5.57. The lowest BCUT2D eigenvalue weighted by atomic mass is 10.1. The van der Waals surface area contributed by atoms with E-state index in [9.17, 15) is 13.2 Å². The van der Waals surface area contributed by atoms with E-state index in [-0.39, 0.29) is 17.8 Å². The topological polar surface area (TPSA) is 29.9 Å². The molecule has 0 aliphatic rings. The molecule has 6 heteroatoms. The van der Waals surface area contributed by atoms with Gasteiger partial charge in [-0.2, -0.15) is 5.10 Å². The maximum Gasteiger partial charge on any atom is 0.182 e. The maximum absolute atomic E-state index is 13.5. The number of nitrogens with zero attached hydrogens (tertiary/aromatic N) is 2. The first-order valence-corrected chi connectivity index (χ1v) is 6.20. The zero-order valence-electron chi connectivity index (χ0n) is 11.5. The molecule has 108 valence electrons. The van der Waals surface area contributed by atoms with Crippen molar-refractivity contribution in [3.05, 3.63) is 47.5 Å². The smallest absolute Gasteiger partial charge is 0.182 e. The van der Waals surface area contributed by atoms with Crippen LogP contribution in [0, 0.1) is 17.5 Å². The third-order valence-corrected chi connectivity index (χ3v) is 2.80. The average Bonchev–Trinajstić information content (AvgIpc) is 2.80. The summed E-state index contributed by atoms with van der Waals surface area (Å²) in [4.78, 5) is 0. The standard InChI is InChI=1S/C14H16F3N3/c1-14(2,3)20-8-9(7-19-20)6-18-12-5-10(15)4-11(16)13(12)17/h4-5,7-8,18H,6H2,1-3H3. The van der Waals surface area contributed by atoms with Gasteiger partial charge in [0, 0.05) is 30.4 Å². The Labute approximate surface area is 115 Å². The number of halogens is 3. The van der Waals surface area contributed by atoms with E-state index < -0.39 is 17.5 Å². The van der Waals surface area contributed by atoms with Crippen molar-refractivity contribution in [3.8, 4) is 0 Å². The Balaban J connectivity index is 2.11. The van der Waals surface area contributed by atoms with Crippen molar-refractivity contribution in [2.45, 2.75) is 32.9 Å². The molecule has 1 N–H and O–H groups in total. The van der Waals surface area contributed by atoms with Crippen LogP contribution >= 0.6 is 0 Å². The van der Waals surface area contributed by atoms with Gasteiger partial charge in [0.2, 0.25) is 0 Å². The molecule has 0 spiro atoms. The largest absolute Gasteiger partial charge is 0.378 e. The van der Waals surface area contributed by atoms with Crippen molar-refractivity contribution in [3.63, 3.8) is 0 Å². The van der Waals surface area contributed by atoms with Gasteiger partial charge in [-0.1, -0.05) is 0 Å². The SMILES string of the molecule is CC(C)(C)n1cc(CNc2cc(F)cc(F)c2F)cn1. The van der Waals surface area contributed by atoms with Crippen LogP contribution in [0.2, 0.25) is 0 Å². The summed E-state index contributed by atoms with van der Waals surface area (Å²) in [5.41, 5.74) is 0.434. The number of hydrogen-bond donors (Lipinski definition) is 1. The molecule has 0 fully saturated rings. The van der Waals surface area contributed by atoms with Gasteiger partial charge in [0.25, 0.3) is 0 Å². The summed E-state index contributed by atoms with van der Waals surface area (Å²) in [7, 11) is 0. The predicted molar refractivity (Wildman–Crippen MR) is 70.9 cm³/mol. The van der Waals surface area contributed by atoms with Crippen LogP contribution in [0.15, 0.2) is 24.5 Å². The van der Waals surface area contributed by atoms with Gasteiger partial charge in [-0.05, 0) is 20.8 Å². The van der Waals surface area contributed by atoms with E-state index >= 15 is 0 Å². The Morgan fingerprint density at radius 3 is 2.50 bits per heavy atom. The molecule has 0 amide bonds. The molecule has 0 radical (unpaired) electrons. The van der Waals surface area contributed by atoms with Crippen LogP contribution in [-0.2, 0) is 12.1 Å². The second-order valence-corrected chi connectivity index (χ2v) is 5.57. The lowest BCUT2D eigenvalue weighted by molar-refractivity contribution is 0.355. The Morgan fingerprint density at radius 2 is 1.90 bits per heavy atom. The van der Waals surface area contributed by atoms with Crippen molar-refractivity contribution in [2.75, 3.05) is 5.32 Å². The third-order valence-electron chi connectivity index (χ3n) is 2.80. The van der Waals surface area contributed by atoms with E-state index in [1.165, 1.54) is 0 Å². The van der Waals surface area contributed by atoms with E-state index in [1.54, 1.807) is 17.1 Å². The van der Waals surface area contributed by atoms with Gasteiger partial charge in [0.1, 0.15) is 5.82 Å². The van der Waals surface area contributed by atoms with Gasteiger partial charge in [-0.25, -0.2) is 13.2 Å². The molecule has 0 unspecified atom stereocenters. The highest BCUT2D eigenvalue weighted by Gasteiger charge is 2.15. The molecule has 0 aliphatic carbocycles. The lowest BCUT2D eigenvalue weighted by Crippen LogP contribution is -2.22. The molecule has 0 atom stereocenters. The van der Waals surface area contributed by atoms with Crippen LogP contribution in [0.25, 0.3) is 0 Å². The molecule has 1 aromatic heterocycles. The zero-order valence-corrected chi connectivity index (χ0v) is 11.5. The highest BCUT2D eigenvalue weighted by Crippen LogP contribution is 2.20.